The maximum Gasteiger partial charge on any atom is 0.312 e. The molecule has 0 saturated carbocycles. The molecule has 7 nitrogen and oxygen atoms in total. The van der Waals surface area contributed by atoms with Crippen LogP contribution in [0.4, 0.5) is 0 Å². The van der Waals surface area contributed by atoms with Gasteiger partial charge in [-0.1, -0.05) is 18.2 Å². The van der Waals surface area contributed by atoms with Crippen molar-refractivity contribution >= 4 is 28.6 Å². The van der Waals surface area contributed by atoms with E-state index in [1.54, 1.807) is 9.80 Å². The van der Waals surface area contributed by atoms with E-state index in [1.807, 2.05) is 12.1 Å². The fourth-order valence-electron chi connectivity index (χ4n) is 5.13. The van der Waals surface area contributed by atoms with Gasteiger partial charge >= 0.3 is 11.8 Å². The number of rotatable bonds is 1. The van der Waals surface area contributed by atoms with Gasteiger partial charge in [-0.05, 0) is 36.8 Å². The third kappa shape index (κ3) is 3.28. The zero-order valence-electron chi connectivity index (χ0n) is 16.4. The molecule has 2 aromatic rings. The van der Waals surface area contributed by atoms with Crippen molar-refractivity contribution in [1.82, 2.24) is 20.1 Å². The van der Waals surface area contributed by atoms with Gasteiger partial charge in [-0.15, -0.1) is 0 Å². The number of benzene rings is 1. The standard InChI is InChI=1S/C22H26N4O3/c27-19-12-22(13-23-19)7-10-26(14-22)21(29)20(28)25-8-5-15(6-9-25)18-11-16-3-1-2-4-17(16)24-18/h1-4,11,15,24H,5-10,12-14H2,(H,23,27). The zero-order valence-corrected chi connectivity index (χ0v) is 16.4. The number of aromatic nitrogens is 1. The highest BCUT2D eigenvalue weighted by Crippen LogP contribution is 2.37. The van der Waals surface area contributed by atoms with Gasteiger partial charge < -0.3 is 20.1 Å². The van der Waals surface area contributed by atoms with Crippen LogP contribution in [-0.2, 0) is 14.4 Å². The van der Waals surface area contributed by atoms with Crippen LogP contribution >= 0.6 is 0 Å². The first-order valence-corrected chi connectivity index (χ1v) is 10.5. The first-order chi connectivity index (χ1) is 14.0. The van der Waals surface area contributed by atoms with Crippen LogP contribution in [0.3, 0.4) is 0 Å². The van der Waals surface area contributed by atoms with Gasteiger partial charge in [0.25, 0.3) is 0 Å². The SMILES string of the molecule is O=C1CC2(CCN(C(=O)C(=O)N3CCC(c4cc5ccccc5[nH]4)CC3)C2)CN1. The van der Waals surface area contributed by atoms with Crippen LogP contribution < -0.4 is 5.32 Å². The lowest BCUT2D eigenvalue weighted by molar-refractivity contribution is -0.152. The van der Waals surface area contributed by atoms with Gasteiger partial charge in [0, 0.05) is 61.7 Å². The number of fused-ring (bicyclic) bond motifs is 1. The molecule has 7 heteroatoms. The number of H-pyrrole nitrogens is 1. The quantitative estimate of drug-likeness (QED) is 0.721. The number of carbonyl (C=O) groups is 3. The Morgan fingerprint density at radius 1 is 1.03 bits per heavy atom. The Morgan fingerprint density at radius 2 is 1.79 bits per heavy atom. The second kappa shape index (κ2) is 6.90. The van der Waals surface area contributed by atoms with Gasteiger partial charge in [-0.2, -0.15) is 0 Å². The van der Waals surface area contributed by atoms with E-state index in [2.05, 4.69) is 28.5 Å². The van der Waals surface area contributed by atoms with E-state index in [1.165, 1.54) is 11.1 Å². The Kier molecular flexibility index (Phi) is 4.33. The first kappa shape index (κ1) is 18.2. The lowest BCUT2D eigenvalue weighted by Crippen LogP contribution is -2.47. The molecular weight excluding hydrogens is 368 g/mol. The molecule has 3 amide bonds. The van der Waals surface area contributed by atoms with Crippen molar-refractivity contribution in [3.8, 4) is 0 Å². The van der Waals surface area contributed by atoms with Gasteiger partial charge in [0.15, 0.2) is 0 Å². The molecule has 5 rings (SSSR count). The number of amides is 3. The average Bonchev–Trinajstić information content (AvgIpc) is 3.45. The molecule has 0 aliphatic carbocycles. The molecule has 3 aliphatic rings. The summed E-state index contributed by atoms with van der Waals surface area (Å²) in [6.07, 6.45) is 2.95. The van der Waals surface area contributed by atoms with Crippen molar-refractivity contribution in [2.24, 2.45) is 5.41 Å². The van der Waals surface area contributed by atoms with E-state index in [-0.39, 0.29) is 11.3 Å². The Balaban J connectivity index is 1.19. The Bertz CT molecular complexity index is 942. The molecule has 1 atom stereocenters. The predicted octanol–water partition coefficient (Wildman–Crippen LogP) is 1.61. The lowest BCUT2D eigenvalue weighted by atomic mass is 9.86. The van der Waals surface area contributed by atoms with E-state index < -0.39 is 11.8 Å². The number of carbonyl (C=O) groups excluding carboxylic acids is 3. The van der Waals surface area contributed by atoms with Crippen molar-refractivity contribution in [1.29, 1.82) is 0 Å². The average molecular weight is 394 g/mol. The molecule has 1 spiro atoms. The Hall–Kier alpha value is -2.83. The molecular formula is C22H26N4O3. The molecule has 3 fully saturated rings. The second-order valence-corrected chi connectivity index (χ2v) is 8.81. The summed E-state index contributed by atoms with van der Waals surface area (Å²) in [5, 5.41) is 4.07. The summed E-state index contributed by atoms with van der Waals surface area (Å²) < 4.78 is 0. The van der Waals surface area contributed by atoms with Crippen molar-refractivity contribution in [2.45, 2.75) is 31.6 Å². The minimum absolute atomic E-state index is 0.0460. The summed E-state index contributed by atoms with van der Waals surface area (Å²) in [5.74, 6) is -0.378. The van der Waals surface area contributed by atoms with E-state index in [0.29, 0.717) is 45.1 Å². The minimum Gasteiger partial charge on any atom is -0.358 e. The molecule has 3 saturated heterocycles. The fraction of sp³-hybridized carbons (Fsp3) is 0.500. The van der Waals surface area contributed by atoms with Crippen LogP contribution in [0.25, 0.3) is 10.9 Å². The number of hydrogen-bond acceptors (Lipinski definition) is 3. The largest absolute Gasteiger partial charge is 0.358 e. The Labute approximate surface area is 169 Å². The van der Waals surface area contributed by atoms with Gasteiger partial charge in [-0.3, -0.25) is 14.4 Å². The summed E-state index contributed by atoms with van der Waals surface area (Å²) in [4.78, 5) is 44.0. The minimum atomic E-state index is -0.412. The van der Waals surface area contributed by atoms with Gasteiger partial charge in [-0.25, -0.2) is 0 Å². The number of likely N-dealkylation sites (tertiary alicyclic amines) is 2. The molecule has 3 aliphatic heterocycles. The van der Waals surface area contributed by atoms with Crippen molar-refractivity contribution in [2.75, 3.05) is 32.7 Å². The van der Waals surface area contributed by atoms with E-state index in [4.69, 9.17) is 0 Å². The van der Waals surface area contributed by atoms with Crippen LogP contribution in [0, 0.1) is 5.41 Å². The summed E-state index contributed by atoms with van der Waals surface area (Å²) in [5.41, 5.74) is 2.18. The Morgan fingerprint density at radius 3 is 2.52 bits per heavy atom. The van der Waals surface area contributed by atoms with Crippen LogP contribution in [0.5, 0.6) is 0 Å². The normalized spacial score (nSPS) is 25.2. The first-order valence-electron chi connectivity index (χ1n) is 10.5. The molecule has 0 bridgehead atoms. The van der Waals surface area contributed by atoms with E-state index >= 15 is 0 Å². The smallest absolute Gasteiger partial charge is 0.312 e. The highest BCUT2D eigenvalue weighted by molar-refractivity contribution is 6.35. The number of piperidine rings is 1. The second-order valence-electron chi connectivity index (χ2n) is 8.81. The molecule has 0 radical (unpaired) electrons. The molecule has 2 N–H and O–H groups in total. The van der Waals surface area contributed by atoms with Crippen molar-refractivity contribution in [3.63, 3.8) is 0 Å². The maximum absolute atomic E-state index is 12.8. The molecule has 29 heavy (non-hydrogen) atoms. The van der Waals surface area contributed by atoms with Crippen LogP contribution in [0.15, 0.2) is 30.3 Å². The van der Waals surface area contributed by atoms with E-state index in [9.17, 15) is 14.4 Å². The molecule has 152 valence electrons. The summed E-state index contributed by atoms with van der Waals surface area (Å²) >= 11 is 0. The van der Waals surface area contributed by atoms with E-state index in [0.717, 1.165) is 24.8 Å². The van der Waals surface area contributed by atoms with Crippen LogP contribution in [-0.4, -0.2) is 65.2 Å². The monoisotopic (exact) mass is 394 g/mol. The lowest BCUT2D eigenvalue weighted by Gasteiger charge is -2.32. The van der Waals surface area contributed by atoms with Gasteiger partial charge in [0.1, 0.15) is 0 Å². The number of nitrogens with zero attached hydrogens (tertiary/aromatic N) is 2. The zero-order chi connectivity index (χ0) is 20.0. The molecule has 1 aromatic carbocycles. The number of hydrogen-bond donors (Lipinski definition) is 2. The number of aromatic amines is 1. The van der Waals surface area contributed by atoms with Gasteiger partial charge in [0.2, 0.25) is 5.91 Å². The van der Waals surface area contributed by atoms with Crippen LogP contribution in [0.2, 0.25) is 0 Å². The van der Waals surface area contributed by atoms with Crippen LogP contribution in [0.1, 0.15) is 37.3 Å². The predicted molar refractivity (Wildman–Crippen MR) is 108 cm³/mol. The van der Waals surface area contributed by atoms with Gasteiger partial charge in [0.05, 0.1) is 0 Å². The summed E-state index contributed by atoms with van der Waals surface area (Å²) in [7, 11) is 0. The topological polar surface area (TPSA) is 85.5 Å². The van der Waals surface area contributed by atoms with Crippen molar-refractivity contribution < 1.29 is 14.4 Å². The maximum atomic E-state index is 12.8. The molecule has 1 unspecified atom stereocenters. The third-order valence-electron chi connectivity index (χ3n) is 6.88. The third-order valence-corrected chi connectivity index (χ3v) is 6.88. The fourth-order valence-corrected chi connectivity index (χ4v) is 5.13. The van der Waals surface area contributed by atoms with Crippen molar-refractivity contribution in [3.05, 3.63) is 36.0 Å². The highest BCUT2D eigenvalue weighted by atomic mass is 16.2. The molecule has 4 heterocycles. The number of nitrogens with one attached hydrogen (secondary N) is 2. The summed E-state index contributed by atoms with van der Waals surface area (Å²) in [6, 6.07) is 10.4. The summed E-state index contributed by atoms with van der Waals surface area (Å²) in [6.45, 7) is 2.87. The highest BCUT2D eigenvalue weighted by Gasteiger charge is 2.46. The molecule has 1 aromatic heterocycles. The number of para-hydroxylation sites is 1.